The van der Waals surface area contributed by atoms with Crippen molar-refractivity contribution in [3.8, 4) is 5.75 Å². The number of nitrogen functional groups attached to an aromatic ring is 1. The third kappa shape index (κ3) is 2.67. The van der Waals surface area contributed by atoms with Gasteiger partial charge in [-0.15, -0.1) is 0 Å². The summed E-state index contributed by atoms with van der Waals surface area (Å²) in [5, 5.41) is 0.751. The molecule has 0 aromatic heterocycles. The number of ketones is 1. The summed E-state index contributed by atoms with van der Waals surface area (Å²) in [5.74, 6) is 0.0866. The third-order valence-corrected chi connectivity index (χ3v) is 3.24. The molecule has 2 N–H and O–H groups in total. The maximum Gasteiger partial charge on any atom is 0.200 e. The predicted molar refractivity (Wildman–Crippen MR) is 77.3 cm³/mol. The van der Waals surface area contributed by atoms with Crippen LogP contribution in [-0.2, 0) is 0 Å². The summed E-state index contributed by atoms with van der Waals surface area (Å²) in [5.41, 5.74) is 6.76. The van der Waals surface area contributed by atoms with E-state index in [9.17, 15) is 4.79 Å². The van der Waals surface area contributed by atoms with Gasteiger partial charge in [-0.2, -0.15) is 0 Å². The maximum atomic E-state index is 12.5. The average molecular weight is 296 g/mol. The zero-order valence-electron chi connectivity index (χ0n) is 10.1. The normalized spacial score (nSPS) is 10.3. The first-order chi connectivity index (χ1) is 9.04. The number of halogens is 2. The summed E-state index contributed by atoms with van der Waals surface area (Å²) in [6.07, 6.45) is 0. The number of methoxy groups -OCH3 is 1. The lowest BCUT2D eigenvalue weighted by Crippen LogP contribution is -2.08. The standard InChI is InChI=1S/C14H11Cl2NO2/c1-19-12-4-2-3-11(17)13(12)14(18)9-7-8(15)5-6-10(9)16/h2-7H,17H2,1H3. The van der Waals surface area contributed by atoms with Gasteiger partial charge in [0.05, 0.1) is 17.7 Å². The van der Waals surface area contributed by atoms with Gasteiger partial charge in [0.25, 0.3) is 0 Å². The van der Waals surface area contributed by atoms with E-state index in [-0.39, 0.29) is 11.3 Å². The molecule has 2 aromatic rings. The molecule has 0 bridgehead atoms. The molecule has 0 radical (unpaired) electrons. The van der Waals surface area contributed by atoms with Crippen LogP contribution in [0.1, 0.15) is 15.9 Å². The first-order valence-corrected chi connectivity index (χ1v) is 6.22. The van der Waals surface area contributed by atoms with Gasteiger partial charge in [-0.3, -0.25) is 4.79 Å². The van der Waals surface area contributed by atoms with E-state index in [4.69, 9.17) is 33.7 Å². The number of ether oxygens (including phenoxy) is 1. The van der Waals surface area contributed by atoms with Crippen molar-refractivity contribution in [2.24, 2.45) is 0 Å². The van der Waals surface area contributed by atoms with Crippen molar-refractivity contribution < 1.29 is 9.53 Å². The molecule has 3 nitrogen and oxygen atoms in total. The zero-order chi connectivity index (χ0) is 14.0. The van der Waals surface area contributed by atoms with Gasteiger partial charge < -0.3 is 10.5 Å². The number of carbonyl (C=O) groups excluding carboxylic acids is 1. The van der Waals surface area contributed by atoms with Crippen LogP contribution in [0.5, 0.6) is 5.75 Å². The Kier molecular flexibility index (Phi) is 3.98. The van der Waals surface area contributed by atoms with Crippen molar-refractivity contribution in [2.45, 2.75) is 0 Å². The van der Waals surface area contributed by atoms with E-state index in [1.165, 1.54) is 13.2 Å². The molecular weight excluding hydrogens is 285 g/mol. The van der Waals surface area contributed by atoms with E-state index in [1.54, 1.807) is 30.3 Å². The molecular formula is C14H11Cl2NO2. The van der Waals surface area contributed by atoms with Crippen molar-refractivity contribution in [2.75, 3.05) is 12.8 Å². The summed E-state index contributed by atoms with van der Waals surface area (Å²) >= 11 is 11.9. The molecule has 0 heterocycles. The summed E-state index contributed by atoms with van der Waals surface area (Å²) < 4.78 is 5.16. The number of hydrogen-bond donors (Lipinski definition) is 1. The van der Waals surface area contributed by atoms with Gasteiger partial charge in [-0.1, -0.05) is 29.3 Å². The number of hydrogen-bond acceptors (Lipinski definition) is 3. The second-order valence-electron chi connectivity index (χ2n) is 3.88. The first-order valence-electron chi connectivity index (χ1n) is 5.47. The van der Waals surface area contributed by atoms with Crippen molar-refractivity contribution in [3.63, 3.8) is 0 Å². The molecule has 0 aliphatic carbocycles. The summed E-state index contributed by atoms with van der Waals surface area (Å²) in [6.45, 7) is 0. The molecule has 0 atom stereocenters. The summed E-state index contributed by atoms with van der Waals surface area (Å²) in [4.78, 5) is 12.5. The average Bonchev–Trinajstić information content (AvgIpc) is 2.40. The molecule has 5 heteroatoms. The predicted octanol–water partition coefficient (Wildman–Crippen LogP) is 3.82. The topological polar surface area (TPSA) is 52.3 Å². The minimum Gasteiger partial charge on any atom is -0.496 e. The Bertz CT molecular complexity index is 641. The quantitative estimate of drug-likeness (QED) is 0.692. The van der Waals surface area contributed by atoms with E-state index >= 15 is 0 Å². The molecule has 0 aliphatic rings. The number of anilines is 1. The highest BCUT2D eigenvalue weighted by atomic mass is 35.5. The van der Waals surface area contributed by atoms with Gasteiger partial charge in [0.2, 0.25) is 0 Å². The fourth-order valence-corrected chi connectivity index (χ4v) is 2.14. The minimum atomic E-state index is -0.317. The molecule has 0 spiro atoms. The Morgan fingerprint density at radius 3 is 2.63 bits per heavy atom. The van der Waals surface area contributed by atoms with E-state index in [0.29, 0.717) is 27.0 Å². The number of rotatable bonds is 3. The van der Waals surface area contributed by atoms with Crippen molar-refractivity contribution >= 4 is 34.7 Å². The molecule has 2 aromatic carbocycles. The molecule has 0 unspecified atom stereocenters. The van der Waals surface area contributed by atoms with Gasteiger partial charge in [0.15, 0.2) is 5.78 Å². The van der Waals surface area contributed by atoms with Gasteiger partial charge in [-0.05, 0) is 30.3 Å². The lowest BCUT2D eigenvalue weighted by molar-refractivity contribution is 0.103. The Morgan fingerprint density at radius 1 is 1.21 bits per heavy atom. The third-order valence-electron chi connectivity index (χ3n) is 2.68. The van der Waals surface area contributed by atoms with Crippen LogP contribution in [0.15, 0.2) is 36.4 Å². The summed E-state index contributed by atoms with van der Waals surface area (Å²) in [7, 11) is 1.48. The summed E-state index contributed by atoms with van der Waals surface area (Å²) in [6, 6.07) is 9.72. The van der Waals surface area contributed by atoms with Gasteiger partial charge in [0, 0.05) is 16.3 Å². The van der Waals surface area contributed by atoms with Crippen LogP contribution >= 0.6 is 23.2 Å². The minimum absolute atomic E-state index is 0.286. The van der Waals surface area contributed by atoms with Crippen LogP contribution in [0.2, 0.25) is 10.0 Å². The highest BCUT2D eigenvalue weighted by Crippen LogP contribution is 2.30. The van der Waals surface area contributed by atoms with E-state index in [2.05, 4.69) is 0 Å². The van der Waals surface area contributed by atoms with Crippen molar-refractivity contribution in [3.05, 3.63) is 57.6 Å². The van der Waals surface area contributed by atoms with E-state index < -0.39 is 0 Å². The van der Waals surface area contributed by atoms with Gasteiger partial charge in [-0.25, -0.2) is 0 Å². The Balaban J connectivity index is 2.59. The monoisotopic (exact) mass is 295 g/mol. The van der Waals surface area contributed by atoms with Crippen molar-refractivity contribution in [1.82, 2.24) is 0 Å². The first kappa shape index (κ1) is 13.7. The molecule has 0 amide bonds. The van der Waals surface area contributed by atoms with Crippen LogP contribution in [0.4, 0.5) is 5.69 Å². The molecule has 0 saturated carbocycles. The largest absolute Gasteiger partial charge is 0.496 e. The van der Waals surface area contributed by atoms with Crippen LogP contribution in [-0.4, -0.2) is 12.9 Å². The van der Waals surface area contributed by atoms with Crippen molar-refractivity contribution in [1.29, 1.82) is 0 Å². The molecule has 2 rings (SSSR count). The second-order valence-corrected chi connectivity index (χ2v) is 4.72. The SMILES string of the molecule is COc1cccc(N)c1C(=O)c1cc(Cl)ccc1Cl. The second kappa shape index (κ2) is 5.51. The maximum absolute atomic E-state index is 12.5. The lowest BCUT2D eigenvalue weighted by Gasteiger charge is -2.11. The Morgan fingerprint density at radius 2 is 1.95 bits per heavy atom. The molecule has 0 fully saturated rings. The zero-order valence-corrected chi connectivity index (χ0v) is 11.6. The number of benzene rings is 2. The lowest BCUT2D eigenvalue weighted by atomic mass is 10.0. The van der Waals surface area contributed by atoms with E-state index in [0.717, 1.165) is 0 Å². The Hall–Kier alpha value is -1.71. The smallest absolute Gasteiger partial charge is 0.200 e. The van der Waals surface area contributed by atoms with Gasteiger partial charge >= 0.3 is 0 Å². The van der Waals surface area contributed by atoms with Gasteiger partial charge in [0.1, 0.15) is 5.75 Å². The van der Waals surface area contributed by atoms with E-state index in [1.807, 2.05) is 0 Å². The Labute approximate surface area is 120 Å². The molecule has 0 saturated heterocycles. The highest BCUT2D eigenvalue weighted by molar-refractivity contribution is 6.37. The van der Waals surface area contributed by atoms with Crippen LogP contribution < -0.4 is 10.5 Å². The fourth-order valence-electron chi connectivity index (χ4n) is 1.77. The number of nitrogens with two attached hydrogens (primary N) is 1. The fraction of sp³-hybridized carbons (Fsp3) is 0.0714. The van der Waals surface area contributed by atoms with Crippen LogP contribution in [0, 0.1) is 0 Å². The van der Waals surface area contributed by atoms with Crippen LogP contribution in [0.3, 0.4) is 0 Å². The molecule has 0 aliphatic heterocycles. The molecule has 19 heavy (non-hydrogen) atoms. The highest BCUT2D eigenvalue weighted by Gasteiger charge is 2.20. The number of carbonyl (C=O) groups is 1. The van der Waals surface area contributed by atoms with Crippen LogP contribution in [0.25, 0.3) is 0 Å². The molecule has 98 valence electrons.